The first-order valence-electron chi connectivity index (χ1n) is 6.38. The molecule has 0 aliphatic heterocycles. The Balaban J connectivity index is 4.95. The zero-order chi connectivity index (χ0) is 12.8. The van der Waals surface area contributed by atoms with Crippen molar-refractivity contribution in [3.63, 3.8) is 0 Å². The van der Waals surface area contributed by atoms with Crippen molar-refractivity contribution in [3.05, 3.63) is 0 Å². The van der Waals surface area contributed by atoms with Crippen molar-refractivity contribution in [2.24, 2.45) is 0 Å². The highest BCUT2D eigenvalue weighted by Gasteiger charge is 2.41. The summed E-state index contributed by atoms with van der Waals surface area (Å²) in [5, 5.41) is 0. The highest BCUT2D eigenvalue weighted by Crippen LogP contribution is 2.40. The molecule has 0 spiro atoms. The molecular formula is C14H28OSi. The minimum Gasteiger partial charge on any atom is -0.384 e. The summed E-state index contributed by atoms with van der Waals surface area (Å²) >= 11 is 0. The number of ether oxygens (including phenoxy) is 1. The molecule has 0 atom stereocenters. The van der Waals surface area contributed by atoms with Gasteiger partial charge in [0.05, 0.1) is 6.61 Å². The zero-order valence-electron chi connectivity index (χ0n) is 12.1. The van der Waals surface area contributed by atoms with Gasteiger partial charge < -0.3 is 4.74 Å². The Bertz CT molecular complexity index is 223. The summed E-state index contributed by atoms with van der Waals surface area (Å²) in [4.78, 5) is 0. The lowest BCUT2D eigenvalue weighted by Gasteiger charge is -2.38. The van der Waals surface area contributed by atoms with Crippen LogP contribution in [-0.4, -0.2) is 21.8 Å². The second-order valence-electron chi connectivity index (χ2n) is 5.44. The number of hydrogen-bond donors (Lipinski definition) is 0. The molecule has 0 radical (unpaired) electrons. The SMILES string of the molecule is COCCC#C[Si](C(C)C)(C(C)C)C(C)C. The molecule has 1 nitrogen and oxygen atoms in total. The van der Waals surface area contributed by atoms with Gasteiger partial charge in [0.2, 0.25) is 0 Å². The summed E-state index contributed by atoms with van der Waals surface area (Å²) in [7, 11) is 0.242. The van der Waals surface area contributed by atoms with Crippen molar-refractivity contribution in [2.75, 3.05) is 13.7 Å². The predicted octanol–water partition coefficient (Wildman–Crippen LogP) is 4.24. The van der Waals surface area contributed by atoms with Gasteiger partial charge in [0, 0.05) is 13.5 Å². The first kappa shape index (κ1) is 15.7. The molecule has 0 N–H and O–H groups in total. The van der Waals surface area contributed by atoms with Crippen LogP contribution in [0.2, 0.25) is 16.6 Å². The van der Waals surface area contributed by atoms with Crippen molar-refractivity contribution in [3.8, 4) is 11.5 Å². The third-order valence-electron chi connectivity index (χ3n) is 3.60. The fourth-order valence-electron chi connectivity index (χ4n) is 2.80. The van der Waals surface area contributed by atoms with Crippen LogP contribution in [0.4, 0.5) is 0 Å². The molecule has 0 rings (SSSR count). The standard InChI is InChI=1S/C14H28OSi/c1-12(2)16(13(3)4,14(5)6)11-9-8-10-15-7/h12-14H,8,10H2,1-7H3. The Morgan fingerprint density at radius 3 is 1.69 bits per heavy atom. The van der Waals surface area contributed by atoms with E-state index >= 15 is 0 Å². The molecule has 2 heteroatoms. The Kier molecular flexibility index (Phi) is 7.02. The molecule has 0 fully saturated rings. The van der Waals surface area contributed by atoms with Gasteiger partial charge in [-0.15, -0.1) is 11.5 Å². The van der Waals surface area contributed by atoms with Crippen LogP contribution in [0.15, 0.2) is 0 Å². The lowest BCUT2D eigenvalue weighted by molar-refractivity contribution is 0.206. The largest absolute Gasteiger partial charge is 0.384 e. The van der Waals surface area contributed by atoms with Gasteiger partial charge in [-0.25, -0.2) is 0 Å². The summed E-state index contributed by atoms with van der Waals surface area (Å²) in [6.07, 6.45) is 0.872. The minimum absolute atomic E-state index is 0.725. The van der Waals surface area contributed by atoms with Crippen LogP contribution in [0, 0.1) is 11.5 Å². The van der Waals surface area contributed by atoms with E-state index in [9.17, 15) is 0 Å². The molecule has 0 aliphatic carbocycles. The number of methoxy groups -OCH3 is 1. The molecule has 0 saturated heterocycles. The van der Waals surface area contributed by atoms with Crippen molar-refractivity contribution in [2.45, 2.75) is 64.6 Å². The van der Waals surface area contributed by atoms with Crippen molar-refractivity contribution < 1.29 is 4.74 Å². The van der Waals surface area contributed by atoms with Gasteiger partial charge in [0.15, 0.2) is 0 Å². The average Bonchev–Trinajstić information content (AvgIpc) is 2.16. The molecule has 0 aromatic heterocycles. The van der Waals surface area contributed by atoms with Gasteiger partial charge in [0.1, 0.15) is 8.07 Å². The van der Waals surface area contributed by atoms with Gasteiger partial charge in [-0.2, -0.15) is 0 Å². The van der Waals surface area contributed by atoms with Crippen LogP contribution in [0.25, 0.3) is 0 Å². The van der Waals surface area contributed by atoms with E-state index in [1.807, 2.05) is 0 Å². The highest BCUT2D eigenvalue weighted by atomic mass is 28.3. The van der Waals surface area contributed by atoms with Crippen molar-refractivity contribution in [1.29, 1.82) is 0 Å². The van der Waals surface area contributed by atoms with E-state index in [-0.39, 0.29) is 0 Å². The van der Waals surface area contributed by atoms with Gasteiger partial charge in [-0.05, 0) is 16.6 Å². The maximum absolute atomic E-state index is 5.05. The van der Waals surface area contributed by atoms with Gasteiger partial charge in [-0.1, -0.05) is 41.5 Å². The first-order chi connectivity index (χ1) is 7.39. The van der Waals surface area contributed by atoms with E-state index in [1.165, 1.54) is 0 Å². The van der Waals surface area contributed by atoms with Crippen LogP contribution in [0.5, 0.6) is 0 Å². The van der Waals surface area contributed by atoms with Crippen molar-refractivity contribution >= 4 is 8.07 Å². The molecule has 0 aromatic rings. The predicted molar refractivity (Wildman–Crippen MR) is 75.3 cm³/mol. The summed E-state index contributed by atoms with van der Waals surface area (Å²) < 4.78 is 5.05. The average molecular weight is 240 g/mol. The zero-order valence-corrected chi connectivity index (χ0v) is 13.1. The summed E-state index contributed by atoms with van der Waals surface area (Å²) in [5.41, 5.74) is 5.85. The first-order valence-corrected chi connectivity index (χ1v) is 8.61. The molecule has 0 saturated carbocycles. The Morgan fingerprint density at radius 2 is 1.38 bits per heavy atom. The van der Waals surface area contributed by atoms with E-state index in [1.54, 1.807) is 7.11 Å². The topological polar surface area (TPSA) is 9.23 Å². The maximum Gasteiger partial charge on any atom is 0.145 e. The van der Waals surface area contributed by atoms with Gasteiger partial charge in [0.25, 0.3) is 0 Å². The molecule has 0 aliphatic rings. The highest BCUT2D eigenvalue weighted by molar-refractivity contribution is 6.90. The Morgan fingerprint density at radius 1 is 0.938 bits per heavy atom. The lowest BCUT2D eigenvalue weighted by atomic mass is 10.5. The maximum atomic E-state index is 5.05. The molecule has 94 valence electrons. The normalized spacial score (nSPS) is 12.1. The second kappa shape index (κ2) is 7.14. The van der Waals surface area contributed by atoms with E-state index in [4.69, 9.17) is 4.74 Å². The van der Waals surface area contributed by atoms with Crippen LogP contribution in [-0.2, 0) is 4.74 Å². The fourth-order valence-corrected chi connectivity index (χ4v) is 8.10. The van der Waals surface area contributed by atoms with Gasteiger partial charge in [-0.3, -0.25) is 0 Å². The van der Waals surface area contributed by atoms with Crippen molar-refractivity contribution in [1.82, 2.24) is 0 Å². The van der Waals surface area contributed by atoms with Crippen LogP contribution >= 0.6 is 0 Å². The molecule has 0 bridgehead atoms. The molecule has 0 unspecified atom stereocenters. The smallest absolute Gasteiger partial charge is 0.145 e. The molecule has 16 heavy (non-hydrogen) atoms. The molecule has 0 heterocycles. The minimum atomic E-state index is -1.49. The number of hydrogen-bond acceptors (Lipinski definition) is 1. The van der Waals surface area contributed by atoms with Crippen LogP contribution < -0.4 is 0 Å². The van der Waals surface area contributed by atoms with E-state index in [0.29, 0.717) is 0 Å². The molecular weight excluding hydrogens is 212 g/mol. The third-order valence-corrected chi connectivity index (χ3v) is 9.94. The van der Waals surface area contributed by atoms with E-state index in [0.717, 1.165) is 29.7 Å². The van der Waals surface area contributed by atoms with Crippen LogP contribution in [0.1, 0.15) is 48.0 Å². The molecule has 0 amide bonds. The van der Waals surface area contributed by atoms with E-state index in [2.05, 4.69) is 53.0 Å². The quantitative estimate of drug-likeness (QED) is 0.397. The summed E-state index contributed by atoms with van der Waals surface area (Å²) in [5.74, 6) is 3.36. The lowest BCUT2D eigenvalue weighted by Crippen LogP contribution is -2.43. The van der Waals surface area contributed by atoms with E-state index < -0.39 is 8.07 Å². The monoisotopic (exact) mass is 240 g/mol. The Hall–Kier alpha value is -0.263. The van der Waals surface area contributed by atoms with Crippen LogP contribution in [0.3, 0.4) is 0 Å². The second-order valence-corrected chi connectivity index (χ2v) is 11.0. The molecule has 0 aromatic carbocycles. The summed E-state index contributed by atoms with van der Waals surface area (Å²) in [6, 6.07) is 0. The fraction of sp³-hybridized carbons (Fsp3) is 0.857. The van der Waals surface area contributed by atoms with Gasteiger partial charge >= 0.3 is 0 Å². The summed E-state index contributed by atoms with van der Waals surface area (Å²) in [6.45, 7) is 14.8. The third kappa shape index (κ3) is 3.64. The Labute approximate surface area is 103 Å². The number of rotatable bonds is 5.